The molecule has 12 nitrogen and oxygen atoms in total. The van der Waals surface area contributed by atoms with Crippen molar-refractivity contribution in [1.82, 2.24) is 4.90 Å². The zero-order valence-electron chi connectivity index (χ0n) is 20.6. The number of carboxylic acid groups (broad SMARTS) is 1. The van der Waals surface area contributed by atoms with Gasteiger partial charge >= 0.3 is 12.1 Å². The Morgan fingerprint density at radius 1 is 1.14 bits per heavy atom. The average molecular weight is 509 g/mol. The summed E-state index contributed by atoms with van der Waals surface area (Å²) in [6.07, 6.45) is -1.11. The number of benzene rings is 1. The van der Waals surface area contributed by atoms with Crippen LogP contribution in [0.2, 0.25) is 0 Å². The molecule has 3 aliphatic heterocycles. The standard InChI is InChI=1S/C24H32N2O10/c1-4-33-19(27)13-35-16-8-9-25-21(16)23(36-20-7-5-6-10-34-20)26(24(29)30)15-12-18(32-3)17(31-2)11-14(15)22(25)28/h11-12,16,20-21,23H,4-10,13H2,1-3H3,(H,29,30)/t16-,20?,21-,23?/m0/s1. The number of anilines is 1. The summed E-state index contributed by atoms with van der Waals surface area (Å²) in [5, 5.41) is 10.4. The van der Waals surface area contributed by atoms with Crippen LogP contribution in [-0.4, -0.2) is 93.2 Å². The van der Waals surface area contributed by atoms with Crippen LogP contribution in [0.15, 0.2) is 12.1 Å². The summed E-state index contributed by atoms with van der Waals surface area (Å²) in [5.41, 5.74) is 0.228. The maximum absolute atomic E-state index is 13.8. The molecule has 4 rings (SSSR count). The average Bonchev–Trinajstić information content (AvgIpc) is 3.27. The van der Waals surface area contributed by atoms with Gasteiger partial charge in [0, 0.05) is 19.2 Å². The van der Waals surface area contributed by atoms with Gasteiger partial charge in [0.15, 0.2) is 24.0 Å². The minimum absolute atomic E-state index is 0.101. The van der Waals surface area contributed by atoms with Gasteiger partial charge in [-0.25, -0.2) is 14.5 Å². The van der Waals surface area contributed by atoms with Crippen LogP contribution in [0.5, 0.6) is 11.5 Å². The van der Waals surface area contributed by atoms with E-state index in [-0.39, 0.29) is 42.5 Å². The molecule has 2 fully saturated rings. The Balaban J connectivity index is 1.78. The lowest BCUT2D eigenvalue weighted by molar-refractivity contribution is -0.202. The molecule has 2 saturated heterocycles. The van der Waals surface area contributed by atoms with Gasteiger partial charge < -0.3 is 38.4 Å². The molecule has 2 unspecified atom stereocenters. The van der Waals surface area contributed by atoms with Crippen LogP contribution in [0, 0.1) is 0 Å². The van der Waals surface area contributed by atoms with Gasteiger partial charge in [0.2, 0.25) is 0 Å². The second-order valence-corrected chi connectivity index (χ2v) is 8.63. The highest BCUT2D eigenvalue weighted by molar-refractivity contribution is 6.05. The zero-order chi connectivity index (χ0) is 25.8. The first kappa shape index (κ1) is 26.0. The third-order valence-corrected chi connectivity index (χ3v) is 6.55. The molecule has 1 aromatic carbocycles. The fourth-order valence-corrected chi connectivity index (χ4v) is 4.93. The van der Waals surface area contributed by atoms with Gasteiger partial charge in [0.1, 0.15) is 12.6 Å². The molecule has 12 heteroatoms. The van der Waals surface area contributed by atoms with E-state index in [4.69, 9.17) is 28.4 Å². The van der Waals surface area contributed by atoms with Gasteiger partial charge in [-0.2, -0.15) is 0 Å². The molecule has 1 N–H and O–H groups in total. The Bertz CT molecular complexity index is 980. The van der Waals surface area contributed by atoms with Crippen LogP contribution in [0.3, 0.4) is 0 Å². The smallest absolute Gasteiger partial charge is 0.414 e. The van der Waals surface area contributed by atoms with Crippen molar-refractivity contribution in [3.63, 3.8) is 0 Å². The fourth-order valence-electron chi connectivity index (χ4n) is 4.93. The Labute approximate surface area is 208 Å². The number of carbonyl (C=O) groups is 3. The molecule has 0 spiro atoms. The van der Waals surface area contributed by atoms with Crippen LogP contribution < -0.4 is 14.4 Å². The summed E-state index contributed by atoms with van der Waals surface area (Å²) >= 11 is 0. The largest absolute Gasteiger partial charge is 0.493 e. The van der Waals surface area contributed by atoms with Crippen molar-refractivity contribution < 1.29 is 47.9 Å². The van der Waals surface area contributed by atoms with E-state index in [1.165, 1.54) is 31.3 Å². The van der Waals surface area contributed by atoms with E-state index < -0.39 is 42.6 Å². The molecule has 0 saturated carbocycles. The molecular weight excluding hydrogens is 476 g/mol. The van der Waals surface area contributed by atoms with Crippen LogP contribution in [0.1, 0.15) is 43.0 Å². The van der Waals surface area contributed by atoms with E-state index >= 15 is 0 Å². The highest BCUT2D eigenvalue weighted by Gasteiger charge is 2.52. The SMILES string of the molecule is CCOC(=O)CO[C@H]1CCN2C(=O)c3cc(OC)c(OC)cc3N(C(=O)O)C(OC3CCCCO3)[C@H]12. The predicted octanol–water partition coefficient (Wildman–Crippen LogP) is 2.23. The van der Waals surface area contributed by atoms with Crippen LogP contribution in [0.4, 0.5) is 10.5 Å². The number of methoxy groups -OCH3 is 2. The molecule has 36 heavy (non-hydrogen) atoms. The number of hydrogen-bond acceptors (Lipinski definition) is 9. The quantitative estimate of drug-likeness (QED) is 0.521. The first-order chi connectivity index (χ1) is 17.4. The van der Waals surface area contributed by atoms with Gasteiger partial charge in [-0.05, 0) is 38.7 Å². The van der Waals surface area contributed by atoms with E-state index in [0.29, 0.717) is 19.4 Å². The number of hydrogen-bond donors (Lipinski definition) is 1. The van der Waals surface area contributed by atoms with E-state index in [1.807, 2.05) is 0 Å². The van der Waals surface area contributed by atoms with Crippen molar-refractivity contribution >= 4 is 23.7 Å². The normalized spacial score (nSPS) is 25.6. The molecule has 1 aromatic rings. The highest BCUT2D eigenvalue weighted by Crippen LogP contribution is 2.42. The van der Waals surface area contributed by atoms with Crippen molar-refractivity contribution in [1.29, 1.82) is 0 Å². The molecule has 0 bridgehead atoms. The summed E-state index contributed by atoms with van der Waals surface area (Å²) in [4.78, 5) is 41.0. The van der Waals surface area contributed by atoms with Crippen molar-refractivity contribution in [2.24, 2.45) is 0 Å². The topological polar surface area (TPSA) is 133 Å². The van der Waals surface area contributed by atoms with Crippen LogP contribution >= 0.6 is 0 Å². The Morgan fingerprint density at radius 2 is 1.89 bits per heavy atom. The summed E-state index contributed by atoms with van der Waals surface area (Å²) < 4.78 is 33.6. The van der Waals surface area contributed by atoms with Gasteiger partial charge in [0.05, 0.1) is 38.2 Å². The van der Waals surface area contributed by atoms with Crippen molar-refractivity contribution in [3.05, 3.63) is 17.7 Å². The number of esters is 1. The minimum Gasteiger partial charge on any atom is -0.493 e. The number of carbonyl (C=O) groups excluding carboxylic acids is 2. The maximum atomic E-state index is 13.8. The molecule has 198 valence electrons. The van der Waals surface area contributed by atoms with E-state index in [0.717, 1.165) is 17.7 Å². The van der Waals surface area contributed by atoms with Gasteiger partial charge in [-0.15, -0.1) is 0 Å². The number of amides is 2. The maximum Gasteiger partial charge on any atom is 0.414 e. The molecule has 0 radical (unpaired) electrons. The molecular formula is C24H32N2O10. The second kappa shape index (κ2) is 11.3. The fraction of sp³-hybridized carbons (Fsp3) is 0.625. The summed E-state index contributed by atoms with van der Waals surface area (Å²) in [6.45, 7) is 2.34. The van der Waals surface area contributed by atoms with Gasteiger partial charge in [0.25, 0.3) is 5.91 Å². The predicted molar refractivity (Wildman–Crippen MR) is 124 cm³/mol. The minimum atomic E-state index is -1.32. The summed E-state index contributed by atoms with van der Waals surface area (Å²) in [6, 6.07) is 2.09. The molecule has 3 heterocycles. The van der Waals surface area contributed by atoms with E-state index in [1.54, 1.807) is 6.92 Å². The Morgan fingerprint density at radius 3 is 2.53 bits per heavy atom. The lowest BCUT2D eigenvalue weighted by Gasteiger charge is -2.39. The lowest BCUT2D eigenvalue weighted by atomic mass is 10.1. The Kier molecular flexibility index (Phi) is 8.17. The van der Waals surface area contributed by atoms with Crippen molar-refractivity contribution in [2.75, 3.05) is 45.5 Å². The van der Waals surface area contributed by atoms with Gasteiger partial charge in [-0.1, -0.05) is 0 Å². The Hall–Kier alpha value is -3.09. The van der Waals surface area contributed by atoms with E-state index in [9.17, 15) is 19.5 Å². The van der Waals surface area contributed by atoms with Gasteiger partial charge in [-0.3, -0.25) is 4.79 Å². The van der Waals surface area contributed by atoms with E-state index in [2.05, 4.69) is 0 Å². The monoisotopic (exact) mass is 508 g/mol. The third-order valence-electron chi connectivity index (χ3n) is 6.55. The number of ether oxygens (including phenoxy) is 6. The zero-order valence-corrected chi connectivity index (χ0v) is 20.6. The van der Waals surface area contributed by atoms with Crippen LogP contribution in [-0.2, 0) is 23.7 Å². The molecule has 0 aromatic heterocycles. The van der Waals surface area contributed by atoms with Crippen LogP contribution in [0.25, 0.3) is 0 Å². The third kappa shape index (κ3) is 5.06. The first-order valence-electron chi connectivity index (χ1n) is 12.0. The molecule has 2 amide bonds. The number of nitrogens with zero attached hydrogens (tertiary/aromatic N) is 2. The molecule has 0 aliphatic carbocycles. The lowest BCUT2D eigenvalue weighted by Crippen LogP contribution is -2.57. The first-order valence-corrected chi connectivity index (χ1v) is 12.0. The number of rotatable bonds is 8. The van der Waals surface area contributed by atoms with Crippen molar-refractivity contribution in [3.8, 4) is 11.5 Å². The highest BCUT2D eigenvalue weighted by atomic mass is 16.7. The molecule has 3 aliphatic rings. The number of fused-ring (bicyclic) bond motifs is 2. The summed E-state index contributed by atoms with van der Waals surface area (Å²) in [5.74, 6) is -0.396. The van der Waals surface area contributed by atoms with Crippen molar-refractivity contribution in [2.45, 2.75) is 57.3 Å². The second-order valence-electron chi connectivity index (χ2n) is 8.63. The summed E-state index contributed by atoms with van der Waals surface area (Å²) in [7, 11) is 2.86. The molecule has 4 atom stereocenters.